The number of nitrogens with one attached hydrogen (secondary N) is 6. The van der Waals surface area contributed by atoms with Crippen LogP contribution in [0.15, 0.2) is 230 Å². The van der Waals surface area contributed by atoms with Gasteiger partial charge in [0.15, 0.2) is 23.3 Å². The molecule has 2 saturated carbocycles. The summed E-state index contributed by atoms with van der Waals surface area (Å²) in [6.45, 7) is 8.77. The molecule has 125 heavy (non-hydrogen) atoms. The lowest BCUT2D eigenvalue weighted by Gasteiger charge is -2.67. The van der Waals surface area contributed by atoms with Crippen molar-refractivity contribution in [2.45, 2.75) is 197 Å². The molecule has 1 saturated heterocycles. The predicted molar refractivity (Wildman–Crippen MR) is 456 cm³/mol. The van der Waals surface area contributed by atoms with Crippen LogP contribution >= 0.6 is 0 Å². The summed E-state index contributed by atoms with van der Waals surface area (Å²) >= 11 is 0. The van der Waals surface area contributed by atoms with Gasteiger partial charge in [-0.25, -0.2) is 9.59 Å². The van der Waals surface area contributed by atoms with E-state index in [9.17, 15) is 63.3 Å². The van der Waals surface area contributed by atoms with Crippen molar-refractivity contribution in [3.05, 3.63) is 268 Å². The number of rotatable bonds is 35. The second-order valence-electron chi connectivity index (χ2n) is 33.2. The zero-order valence-electron chi connectivity index (χ0n) is 70.5. The number of carbonyl (C=O) groups excluding carboxylic acids is 13. The number of Topliss-reactive ketones (excluding diaryl/α,β-unsaturated/α-hetero) is 2. The first-order valence-electron chi connectivity index (χ1n) is 41.8. The number of hydrogen-bond donors (Lipinski definition) is 9. The van der Waals surface area contributed by atoms with Crippen LogP contribution in [-0.2, 0) is 107 Å². The van der Waals surface area contributed by atoms with E-state index in [1.54, 1.807) is 121 Å². The first kappa shape index (κ1) is 91.2. The molecule has 6 amide bonds. The lowest BCUT2D eigenvalue weighted by Crippen LogP contribution is -2.82. The molecule has 12 rings (SSSR count). The fourth-order valence-electron chi connectivity index (χ4n) is 17.6. The van der Waals surface area contributed by atoms with Crippen LogP contribution in [0.4, 0.5) is 0 Å². The van der Waals surface area contributed by atoms with Crippen molar-refractivity contribution in [1.29, 1.82) is 0 Å². The average Bonchev–Trinajstić information content (AvgIpc) is 0.667. The van der Waals surface area contributed by atoms with Gasteiger partial charge >= 0.3 is 29.8 Å². The molecule has 1 heterocycles. The minimum Gasteiger partial charge on any atom is -0.508 e. The van der Waals surface area contributed by atoms with Gasteiger partial charge in [-0.2, -0.15) is 0 Å². The third kappa shape index (κ3) is 21.2. The van der Waals surface area contributed by atoms with Crippen molar-refractivity contribution in [3.8, 4) is 5.75 Å². The van der Waals surface area contributed by atoms with E-state index >= 15 is 14.4 Å². The lowest BCUT2D eigenvalue weighted by atomic mass is 9.44. The number of carbonyl (C=O) groups is 13. The number of phenolic OH excluding ortho intramolecular Hbond substituents is 1. The maximum atomic E-state index is 16.1. The number of benzene rings is 8. The van der Waals surface area contributed by atoms with Crippen LogP contribution in [0.2, 0.25) is 0 Å². The molecule has 0 spiro atoms. The monoisotopic (exact) mass is 1700 g/mol. The second kappa shape index (κ2) is 40.1. The largest absolute Gasteiger partial charge is 0.508 e. The Hall–Kier alpha value is -13.1. The molecule has 654 valence electrons. The minimum absolute atomic E-state index is 0.00482. The molecular weight excluding hydrogens is 1600 g/mol. The highest BCUT2D eigenvalue weighted by Crippen LogP contribution is 2.65. The van der Waals surface area contributed by atoms with E-state index in [0.29, 0.717) is 22.3 Å². The Morgan fingerprint density at radius 2 is 1.09 bits per heavy atom. The third-order valence-electron chi connectivity index (χ3n) is 24.4. The summed E-state index contributed by atoms with van der Waals surface area (Å²) in [7, 11) is 0. The van der Waals surface area contributed by atoms with Crippen molar-refractivity contribution < 1.29 is 106 Å². The average molecular weight is 1710 g/mol. The Balaban J connectivity index is 0.787. The van der Waals surface area contributed by atoms with Gasteiger partial charge in [-0.3, -0.25) is 52.7 Å². The lowest BCUT2D eigenvalue weighted by molar-refractivity contribution is -0.346. The van der Waals surface area contributed by atoms with E-state index in [0.717, 1.165) is 24.6 Å². The van der Waals surface area contributed by atoms with Gasteiger partial charge in [-0.1, -0.05) is 196 Å². The summed E-state index contributed by atoms with van der Waals surface area (Å²) in [6.07, 6.45) is -12.9. The summed E-state index contributed by atoms with van der Waals surface area (Å²) in [6, 6.07) is 54.0. The van der Waals surface area contributed by atoms with E-state index in [-0.39, 0.29) is 91.5 Å². The molecule has 4 aliphatic rings. The second-order valence-corrected chi connectivity index (χ2v) is 33.2. The molecule has 8 aromatic carbocycles. The standard InChI is InChI=1S/C97H104N6O22/c1-57-75(55-97(119)87(124-92(117)68-36-21-12-22-37-68)85-95(7,76(108)54-77-96(85,56-120-77)125-60(4)106)86(112)83(121-59(3)105)81(57)94(97,5)6)122-93(118)84(82(66-32-17-10-18-33-66)103-88(113)67-34-19-11-20-35-67)123-80(111)47-46-78(109)98-48-26-25-39-71(89(114)101-72(58(2)104)50-63-41-44-70(107)45-42-63)100-91(116)74(52-62-29-15-9-16-30-62)102-90(115)73(51-61-27-13-8-14-28-61)99-79(110)53-64-40-43-65-31-23-24-38-69(65)49-64/h8-24,27-38,40-45,49,71-77,82-85,87,107-108,119H,25-26,39,46-48,50-56H2,1-7H3,(H,98,109)(H,99,110)(H,100,116)(H,101,114)(H,102,115)(H,103,113)/t71-,72-,73-,74-,75+,76+,77-,82+,83-,84-,85+,87+,95-,96+,97-/m0/s1. The van der Waals surface area contributed by atoms with Gasteiger partial charge in [0.2, 0.25) is 35.6 Å². The number of aromatic hydroxyl groups is 1. The normalized spacial score (nSPS) is 22.4. The number of phenols is 1. The highest BCUT2D eigenvalue weighted by molar-refractivity contribution is 5.99. The predicted octanol–water partition coefficient (Wildman–Crippen LogP) is 8.71. The molecule has 3 fully saturated rings. The van der Waals surface area contributed by atoms with Crippen LogP contribution in [0.3, 0.4) is 0 Å². The first-order chi connectivity index (χ1) is 59.8. The zero-order valence-corrected chi connectivity index (χ0v) is 70.5. The Kier molecular flexibility index (Phi) is 29.2. The zero-order chi connectivity index (χ0) is 89.5. The number of ether oxygens (including phenoxy) is 6. The fraction of sp³-hybridized carbons (Fsp3) is 0.371. The molecule has 0 aromatic heterocycles. The highest BCUT2D eigenvalue weighted by atomic mass is 16.6. The molecule has 2 bridgehead atoms. The molecule has 0 unspecified atom stereocenters. The van der Waals surface area contributed by atoms with Gasteiger partial charge in [-0.15, -0.1) is 0 Å². The molecule has 28 heteroatoms. The van der Waals surface area contributed by atoms with Crippen molar-refractivity contribution in [2.75, 3.05) is 13.2 Å². The third-order valence-corrected chi connectivity index (χ3v) is 24.4. The molecule has 28 nitrogen and oxygen atoms in total. The van der Waals surface area contributed by atoms with E-state index in [1.807, 2.05) is 48.5 Å². The molecule has 15 atom stereocenters. The van der Waals surface area contributed by atoms with Crippen LogP contribution in [0.25, 0.3) is 10.8 Å². The first-order valence-corrected chi connectivity index (χ1v) is 41.8. The quantitative estimate of drug-likeness (QED) is 0.00775. The van der Waals surface area contributed by atoms with E-state index in [2.05, 4.69) is 31.9 Å². The van der Waals surface area contributed by atoms with Gasteiger partial charge in [0.05, 0.1) is 48.5 Å². The van der Waals surface area contributed by atoms with E-state index < -0.39 is 198 Å². The van der Waals surface area contributed by atoms with Gasteiger partial charge in [0.1, 0.15) is 53.8 Å². The van der Waals surface area contributed by atoms with Crippen LogP contribution in [0, 0.1) is 16.7 Å². The summed E-state index contributed by atoms with van der Waals surface area (Å²) in [4.78, 5) is 189. The fourth-order valence-corrected chi connectivity index (χ4v) is 17.6. The van der Waals surface area contributed by atoms with Crippen molar-refractivity contribution in [2.24, 2.45) is 16.7 Å². The van der Waals surface area contributed by atoms with Gasteiger partial charge in [0, 0.05) is 63.5 Å². The molecule has 1 aliphatic heterocycles. The number of aliphatic hydroxyl groups is 2. The Labute approximate surface area is 723 Å². The van der Waals surface area contributed by atoms with Crippen LogP contribution in [0.1, 0.15) is 148 Å². The number of unbranched alkanes of at least 4 members (excludes halogenated alkanes) is 1. The van der Waals surface area contributed by atoms with Crippen molar-refractivity contribution >= 4 is 87.6 Å². The summed E-state index contributed by atoms with van der Waals surface area (Å²) in [5.74, 6) is -12.7. The van der Waals surface area contributed by atoms with Crippen LogP contribution < -0.4 is 31.9 Å². The smallest absolute Gasteiger partial charge is 0.350 e. The Morgan fingerprint density at radius 3 is 1.68 bits per heavy atom. The van der Waals surface area contributed by atoms with Gasteiger partial charge < -0.3 is 75.6 Å². The number of ketones is 2. The molecule has 9 N–H and O–H groups in total. The molecule has 3 aliphatic carbocycles. The molecule has 0 radical (unpaired) electrons. The number of aliphatic hydroxyl groups excluding tert-OH is 1. The van der Waals surface area contributed by atoms with Gasteiger partial charge in [-0.05, 0) is 133 Å². The van der Waals surface area contributed by atoms with Crippen LogP contribution in [-0.4, -0.2) is 177 Å². The highest BCUT2D eigenvalue weighted by Gasteiger charge is 2.78. The Morgan fingerprint density at radius 1 is 0.552 bits per heavy atom. The van der Waals surface area contributed by atoms with E-state index in [1.165, 1.54) is 83.1 Å². The maximum Gasteiger partial charge on any atom is 0.350 e. The summed E-state index contributed by atoms with van der Waals surface area (Å²) in [5, 5.41) is 55.7. The summed E-state index contributed by atoms with van der Waals surface area (Å²) in [5.41, 5.74) is -5.73. The SMILES string of the molecule is CC(=O)O[C@@H]1C(=O)[C@@]2(C)[C@H](O)C[C@@H]3OC[C@]3(OC(C)=O)[C@@H]2[C@@H](OC(=O)c2ccccc2)[C@@]2(O)C[C@@H](OC(=O)[C@@H](OC(=O)CCC(=O)NCCCC[C@H](NC(=O)[C@H](Cc3ccccc3)NC(=O)[C@H](Cc3ccccc3)NC(=O)Cc3ccc4ccccc4c3)C(=O)N[C@@H](Cc3ccc(O)cc3)C(C)=O)[C@H](NC(=O)c3ccccc3)c3ccccc3)C(C)=C1C2(C)C. The molecular formula is C97H104N6O22. The summed E-state index contributed by atoms with van der Waals surface area (Å²) < 4.78 is 37.4. The maximum absolute atomic E-state index is 16.1. The Bertz CT molecular complexity index is 5330. The molecule has 8 aromatic rings. The van der Waals surface area contributed by atoms with Crippen LogP contribution in [0.5, 0.6) is 5.75 Å². The number of amides is 6. The van der Waals surface area contributed by atoms with Crippen molar-refractivity contribution in [3.63, 3.8) is 0 Å². The topological polar surface area (TPSA) is 410 Å². The minimum atomic E-state index is -2.60. The number of hydrogen-bond acceptors (Lipinski definition) is 22. The van der Waals surface area contributed by atoms with E-state index in [4.69, 9.17) is 28.4 Å². The van der Waals surface area contributed by atoms with Gasteiger partial charge in [0.25, 0.3) is 5.91 Å². The number of fused-ring (bicyclic) bond motifs is 6. The van der Waals surface area contributed by atoms with Crippen molar-refractivity contribution in [1.82, 2.24) is 31.9 Å². The number of esters is 5.